The summed E-state index contributed by atoms with van der Waals surface area (Å²) in [4.78, 5) is 0. The molecular formula is C18H17FN2. The Labute approximate surface area is 123 Å². The van der Waals surface area contributed by atoms with Gasteiger partial charge in [0, 0.05) is 11.4 Å². The summed E-state index contributed by atoms with van der Waals surface area (Å²) in [6.45, 7) is 4.06. The Bertz CT molecular complexity index is 785. The van der Waals surface area contributed by atoms with E-state index in [0.717, 1.165) is 33.9 Å². The van der Waals surface area contributed by atoms with Crippen LogP contribution in [0.2, 0.25) is 0 Å². The smallest absolute Gasteiger partial charge is 0.123 e. The lowest BCUT2D eigenvalue weighted by Crippen LogP contribution is -2.03. The first-order valence-electron chi connectivity index (χ1n) is 6.87. The second kappa shape index (κ2) is 5.09. The van der Waals surface area contributed by atoms with Crippen LogP contribution in [0.3, 0.4) is 0 Å². The number of benzene rings is 2. The Morgan fingerprint density at radius 3 is 2.33 bits per heavy atom. The van der Waals surface area contributed by atoms with Crippen molar-refractivity contribution in [3.8, 4) is 16.9 Å². The van der Waals surface area contributed by atoms with E-state index in [-0.39, 0.29) is 5.82 Å². The Kier molecular flexibility index (Phi) is 3.26. The molecule has 0 aliphatic heterocycles. The molecule has 3 rings (SSSR count). The van der Waals surface area contributed by atoms with Crippen molar-refractivity contribution in [3.63, 3.8) is 0 Å². The van der Waals surface area contributed by atoms with Crippen LogP contribution in [0.1, 0.15) is 11.3 Å². The summed E-state index contributed by atoms with van der Waals surface area (Å²) < 4.78 is 15.3. The molecule has 106 valence electrons. The van der Waals surface area contributed by atoms with Gasteiger partial charge in [0.25, 0.3) is 0 Å². The van der Waals surface area contributed by atoms with E-state index in [9.17, 15) is 4.39 Å². The lowest BCUT2D eigenvalue weighted by Gasteiger charge is -2.16. The molecule has 1 aromatic heterocycles. The standard InChI is InChI=1S/C18H17FN2/c1-12-6-11-18(14-7-9-15(19)10-8-14)21(12)17-5-3-4-16(20)13(17)2/h3-11H,20H2,1-2H3. The largest absolute Gasteiger partial charge is 0.398 e. The zero-order chi connectivity index (χ0) is 15.0. The minimum Gasteiger partial charge on any atom is -0.398 e. The van der Waals surface area contributed by atoms with Gasteiger partial charge in [-0.1, -0.05) is 6.07 Å². The lowest BCUT2D eigenvalue weighted by atomic mass is 10.1. The number of anilines is 1. The number of nitrogens with zero attached hydrogens (tertiary/aromatic N) is 1. The first-order valence-corrected chi connectivity index (χ1v) is 6.87. The van der Waals surface area contributed by atoms with Crippen LogP contribution in [0, 0.1) is 19.7 Å². The van der Waals surface area contributed by atoms with Gasteiger partial charge in [-0.15, -0.1) is 0 Å². The highest BCUT2D eigenvalue weighted by molar-refractivity contribution is 5.67. The molecule has 0 spiro atoms. The Morgan fingerprint density at radius 1 is 0.905 bits per heavy atom. The summed E-state index contributed by atoms with van der Waals surface area (Å²) in [6, 6.07) is 16.5. The maximum Gasteiger partial charge on any atom is 0.123 e. The SMILES string of the molecule is Cc1c(N)cccc1-n1c(C)ccc1-c1ccc(F)cc1. The van der Waals surface area contributed by atoms with Crippen molar-refractivity contribution >= 4 is 5.69 Å². The van der Waals surface area contributed by atoms with Crippen molar-refractivity contribution in [2.45, 2.75) is 13.8 Å². The van der Waals surface area contributed by atoms with Crippen molar-refractivity contribution in [2.24, 2.45) is 0 Å². The van der Waals surface area contributed by atoms with Crippen LogP contribution >= 0.6 is 0 Å². The van der Waals surface area contributed by atoms with Crippen LogP contribution in [0.15, 0.2) is 54.6 Å². The summed E-state index contributed by atoms with van der Waals surface area (Å²) in [7, 11) is 0. The van der Waals surface area contributed by atoms with E-state index in [2.05, 4.69) is 17.6 Å². The predicted octanol–water partition coefficient (Wildman–Crippen LogP) is 4.48. The molecule has 0 aliphatic carbocycles. The van der Waals surface area contributed by atoms with Crippen molar-refractivity contribution in [3.05, 3.63) is 71.7 Å². The molecule has 0 saturated carbocycles. The van der Waals surface area contributed by atoms with Gasteiger partial charge < -0.3 is 10.3 Å². The summed E-state index contributed by atoms with van der Waals surface area (Å²) >= 11 is 0. The molecule has 0 fully saturated rings. The molecule has 3 heteroatoms. The first kappa shape index (κ1) is 13.4. The highest BCUT2D eigenvalue weighted by atomic mass is 19.1. The maximum atomic E-state index is 13.1. The quantitative estimate of drug-likeness (QED) is 0.689. The monoisotopic (exact) mass is 280 g/mol. The first-order chi connectivity index (χ1) is 10.1. The van der Waals surface area contributed by atoms with Gasteiger partial charge in [-0.3, -0.25) is 0 Å². The third-order valence-electron chi connectivity index (χ3n) is 3.80. The van der Waals surface area contributed by atoms with Crippen molar-refractivity contribution in [1.82, 2.24) is 4.57 Å². The van der Waals surface area contributed by atoms with E-state index in [1.807, 2.05) is 31.2 Å². The van der Waals surface area contributed by atoms with E-state index < -0.39 is 0 Å². The number of hydrogen-bond acceptors (Lipinski definition) is 1. The number of halogens is 1. The number of nitrogen functional groups attached to an aromatic ring is 1. The molecule has 1 heterocycles. The number of hydrogen-bond donors (Lipinski definition) is 1. The summed E-state index contributed by atoms with van der Waals surface area (Å²) in [5.74, 6) is -0.228. The van der Waals surface area contributed by atoms with E-state index in [0.29, 0.717) is 0 Å². The van der Waals surface area contributed by atoms with E-state index in [1.165, 1.54) is 12.1 Å². The second-order valence-corrected chi connectivity index (χ2v) is 5.19. The number of rotatable bonds is 2. The highest BCUT2D eigenvalue weighted by Gasteiger charge is 2.12. The van der Waals surface area contributed by atoms with Crippen molar-refractivity contribution < 1.29 is 4.39 Å². The molecular weight excluding hydrogens is 263 g/mol. The molecule has 0 bridgehead atoms. The zero-order valence-corrected chi connectivity index (χ0v) is 12.1. The minimum atomic E-state index is -0.228. The summed E-state index contributed by atoms with van der Waals surface area (Å²) in [5, 5.41) is 0. The molecule has 2 aromatic carbocycles. The minimum absolute atomic E-state index is 0.228. The van der Waals surface area contributed by atoms with Gasteiger partial charge in [0.2, 0.25) is 0 Å². The molecule has 0 radical (unpaired) electrons. The average Bonchev–Trinajstić information content (AvgIpc) is 2.85. The van der Waals surface area contributed by atoms with Crippen LogP contribution in [-0.2, 0) is 0 Å². The topological polar surface area (TPSA) is 30.9 Å². The summed E-state index contributed by atoms with van der Waals surface area (Å²) in [5.41, 5.74) is 12.0. The predicted molar refractivity (Wildman–Crippen MR) is 85.0 cm³/mol. The molecule has 0 aliphatic rings. The van der Waals surface area contributed by atoms with Crippen LogP contribution in [0.25, 0.3) is 16.9 Å². The third kappa shape index (κ3) is 2.31. The van der Waals surface area contributed by atoms with Crippen LogP contribution in [0.5, 0.6) is 0 Å². The molecule has 2 nitrogen and oxygen atoms in total. The molecule has 21 heavy (non-hydrogen) atoms. The fourth-order valence-electron chi connectivity index (χ4n) is 2.59. The summed E-state index contributed by atoms with van der Waals surface area (Å²) in [6.07, 6.45) is 0. The molecule has 3 aromatic rings. The van der Waals surface area contributed by atoms with E-state index in [1.54, 1.807) is 12.1 Å². The third-order valence-corrected chi connectivity index (χ3v) is 3.80. The molecule has 0 atom stereocenters. The van der Waals surface area contributed by atoms with Gasteiger partial charge in [0.05, 0.1) is 11.4 Å². The van der Waals surface area contributed by atoms with Crippen LogP contribution < -0.4 is 5.73 Å². The molecule has 2 N–H and O–H groups in total. The Hall–Kier alpha value is -2.55. The lowest BCUT2D eigenvalue weighted by molar-refractivity contribution is 0.628. The van der Waals surface area contributed by atoms with Gasteiger partial charge in [-0.2, -0.15) is 0 Å². The van der Waals surface area contributed by atoms with Gasteiger partial charge >= 0.3 is 0 Å². The van der Waals surface area contributed by atoms with Crippen molar-refractivity contribution in [2.75, 3.05) is 5.73 Å². The number of nitrogens with two attached hydrogens (primary N) is 1. The second-order valence-electron chi connectivity index (χ2n) is 5.19. The fourth-order valence-corrected chi connectivity index (χ4v) is 2.59. The molecule has 0 amide bonds. The Morgan fingerprint density at radius 2 is 1.62 bits per heavy atom. The fraction of sp³-hybridized carbons (Fsp3) is 0.111. The highest BCUT2D eigenvalue weighted by Crippen LogP contribution is 2.29. The maximum absolute atomic E-state index is 13.1. The van der Waals surface area contributed by atoms with Gasteiger partial charge in [0.15, 0.2) is 0 Å². The van der Waals surface area contributed by atoms with Crippen molar-refractivity contribution in [1.29, 1.82) is 0 Å². The zero-order valence-electron chi connectivity index (χ0n) is 12.1. The van der Waals surface area contributed by atoms with Gasteiger partial charge in [-0.25, -0.2) is 4.39 Å². The van der Waals surface area contributed by atoms with E-state index in [4.69, 9.17) is 5.73 Å². The number of aryl methyl sites for hydroxylation is 1. The Balaban J connectivity index is 2.22. The molecule has 0 unspecified atom stereocenters. The molecule has 0 saturated heterocycles. The van der Waals surface area contributed by atoms with E-state index >= 15 is 0 Å². The average molecular weight is 280 g/mol. The van der Waals surface area contributed by atoms with Gasteiger partial charge in [-0.05, 0) is 73.5 Å². The van der Waals surface area contributed by atoms with Gasteiger partial charge in [0.1, 0.15) is 5.82 Å². The number of aromatic nitrogens is 1. The normalized spacial score (nSPS) is 10.8. The van der Waals surface area contributed by atoms with Crippen LogP contribution in [0.4, 0.5) is 10.1 Å². The van der Waals surface area contributed by atoms with Crippen LogP contribution in [-0.4, -0.2) is 4.57 Å².